The number of hydrogen-bond donors (Lipinski definition) is 0. The smallest absolute Gasteiger partial charge is 0.281 e. The van der Waals surface area contributed by atoms with Crippen LogP contribution in [0.3, 0.4) is 0 Å². The van der Waals surface area contributed by atoms with Crippen LogP contribution >= 0.6 is 34.2 Å². The normalized spacial score (nSPS) is 10.6. The lowest BCUT2D eigenvalue weighted by atomic mass is 10.1. The summed E-state index contributed by atoms with van der Waals surface area (Å²) in [5.41, 5.74) is 0.0239. The Morgan fingerprint density at radius 3 is 2.71 bits per heavy atom. The summed E-state index contributed by atoms with van der Waals surface area (Å²) in [5.74, 6) is 0.148. The average Bonchev–Trinajstić information content (AvgIpc) is 2.17. The van der Waals surface area contributed by atoms with Crippen molar-refractivity contribution < 1.29 is 13.6 Å². The summed E-state index contributed by atoms with van der Waals surface area (Å²) in [4.78, 5) is 14.1. The maximum absolute atomic E-state index is 12.4. The second-order valence-electron chi connectivity index (χ2n) is 2.45. The van der Waals surface area contributed by atoms with E-state index in [-0.39, 0.29) is 11.4 Å². The van der Waals surface area contributed by atoms with Crippen molar-refractivity contribution in [3.8, 4) is 0 Å². The monoisotopic (exact) mass is 331 g/mol. The molecule has 0 atom stereocenters. The fraction of sp³-hybridized carbons (Fsp3) is 0.250. The van der Waals surface area contributed by atoms with Crippen molar-refractivity contribution in [2.45, 2.75) is 12.3 Å². The SMILES string of the molecule is O=Cc1c(C(F)F)ncc(CCl)c1I. The Morgan fingerprint density at radius 2 is 2.29 bits per heavy atom. The van der Waals surface area contributed by atoms with E-state index in [9.17, 15) is 13.6 Å². The first-order valence-electron chi connectivity index (χ1n) is 3.58. The Morgan fingerprint density at radius 1 is 1.64 bits per heavy atom. The Kier molecular flexibility index (Phi) is 4.18. The van der Waals surface area contributed by atoms with E-state index in [1.54, 1.807) is 0 Å². The first-order chi connectivity index (χ1) is 6.61. The van der Waals surface area contributed by atoms with Crippen LogP contribution < -0.4 is 0 Å². The van der Waals surface area contributed by atoms with Gasteiger partial charge in [-0.3, -0.25) is 9.78 Å². The summed E-state index contributed by atoms with van der Waals surface area (Å²) < 4.78 is 25.2. The van der Waals surface area contributed by atoms with Crippen molar-refractivity contribution in [1.82, 2.24) is 4.98 Å². The number of carbonyl (C=O) groups is 1. The number of aldehydes is 1. The maximum atomic E-state index is 12.4. The average molecular weight is 331 g/mol. The topological polar surface area (TPSA) is 30.0 Å². The molecule has 0 aliphatic carbocycles. The summed E-state index contributed by atoms with van der Waals surface area (Å²) in [6.07, 6.45) is -1.09. The van der Waals surface area contributed by atoms with E-state index < -0.39 is 12.1 Å². The van der Waals surface area contributed by atoms with Crippen molar-refractivity contribution >= 4 is 40.5 Å². The van der Waals surface area contributed by atoms with E-state index in [0.29, 0.717) is 15.4 Å². The molecule has 0 saturated carbocycles. The third-order valence-corrected chi connectivity index (χ3v) is 3.18. The molecular formula is C8H5ClF2INO. The van der Waals surface area contributed by atoms with Crippen molar-refractivity contribution in [3.63, 3.8) is 0 Å². The summed E-state index contributed by atoms with van der Waals surface area (Å²) in [6, 6.07) is 0. The van der Waals surface area contributed by atoms with Crippen LogP contribution in [0.15, 0.2) is 6.20 Å². The van der Waals surface area contributed by atoms with Crippen molar-refractivity contribution in [1.29, 1.82) is 0 Å². The number of aromatic nitrogens is 1. The quantitative estimate of drug-likeness (QED) is 0.484. The molecule has 1 heterocycles. The molecule has 0 bridgehead atoms. The van der Waals surface area contributed by atoms with Gasteiger partial charge in [0.2, 0.25) is 0 Å². The van der Waals surface area contributed by atoms with Gasteiger partial charge < -0.3 is 0 Å². The number of halogens is 4. The first-order valence-corrected chi connectivity index (χ1v) is 5.19. The summed E-state index contributed by atoms with van der Waals surface area (Å²) >= 11 is 7.36. The lowest BCUT2D eigenvalue weighted by molar-refractivity contribution is 0.110. The van der Waals surface area contributed by atoms with Gasteiger partial charge in [-0.2, -0.15) is 0 Å². The van der Waals surface area contributed by atoms with Gasteiger partial charge in [-0.1, -0.05) is 0 Å². The number of hydrogen-bond acceptors (Lipinski definition) is 2. The molecule has 6 heteroatoms. The molecule has 0 radical (unpaired) electrons. The maximum Gasteiger partial charge on any atom is 0.281 e. The minimum atomic E-state index is -2.74. The van der Waals surface area contributed by atoms with Crippen molar-refractivity contribution in [2.75, 3.05) is 0 Å². The molecule has 0 aliphatic rings. The van der Waals surface area contributed by atoms with Crippen LogP contribution in [0, 0.1) is 3.57 Å². The third-order valence-electron chi connectivity index (χ3n) is 1.62. The Hall–Kier alpha value is -0.300. The Labute approximate surface area is 97.8 Å². The molecule has 14 heavy (non-hydrogen) atoms. The zero-order valence-corrected chi connectivity index (χ0v) is 9.72. The molecule has 0 unspecified atom stereocenters. The van der Waals surface area contributed by atoms with E-state index in [0.717, 1.165) is 0 Å². The molecule has 0 amide bonds. The van der Waals surface area contributed by atoms with E-state index >= 15 is 0 Å². The fourth-order valence-electron chi connectivity index (χ4n) is 0.938. The van der Waals surface area contributed by atoms with Crippen LogP contribution in [0.1, 0.15) is 28.0 Å². The molecule has 0 spiro atoms. The van der Waals surface area contributed by atoms with Crippen LogP contribution in [0.5, 0.6) is 0 Å². The number of rotatable bonds is 3. The van der Waals surface area contributed by atoms with E-state index in [1.165, 1.54) is 6.20 Å². The predicted molar refractivity (Wildman–Crippen MR) is 56.9 cm³/mol. The fourth-order valence-corrected chi connectivity index (χ4v) is 2.10. The highest BCUT2D eigenvalue weighted by atomic mass is 127. The van der Waals surface area contributed by atoms with E-state index in [1.807, 2.05) is 22.6 Å². The molecule has 1 rings (SSSR count). The molecule has 1 aromatic heterocycles. The summed E-state index contributed by atoms with van der Waals surface area (Å²) in [5, 5.41) is 0. The highest BCUT2D eigenvalue weighted by Crippen LogP contribution is 2.26. The highest BCUT2D eigenvalue weighted by molar-refractivity contribution is 14.1. The molecule has 0 aliphatic heterocycles. The van der Waals surface area contributed by atoms with Gasteiger partial charge >= 0.3 is 0 Å². The molecule has 0 fully saturated rings. The van der Waals surface area contributed by atoms with Gasteiger partial charge in [-0.15, -0.1) is 11.6 Å². The lowest BCUT2D eigenvalue weighted by Gasteiger charge is -2.07. The number of carbonyl (C=O) groups excluding carboxylic acids is 1. The molecule has 2 nitrogen and oxygen atoms in total. The van der Waals surface area contributed by atoms with Crippen LogP contribution in [-0.2, 0) is 5.88 Å². The minimum absolute atomic E-state index is 0.0706. The number of pyridine rings is 1. The van der Waals surface area contributed by atoms with Gasteiger partial charge in [0.15, 0.2) is 6.29 Å². The van der Waals surface area contributed by atoms with Crippen LogP contribution in [0.4, 0.5) is 8.78 Å². The minimum Gasteiger partial charge on any atom is -0.298 e. The third kappa shape index (κ3) is 2.20. The molecule has 76 valence electrons. The molecule has 0 N–H and O–H groups in total. The van der Waals surface area contributed by atoms with Gasteiger partial charge in [0.1, 0.15) is 5.69 Å². The molecule has 0 aromatic carbocycles. The van der Waals surface area contributed by atoms with Gasteiger partial charge in [-0.05, 0) is 28.2 Å². The van der Waals surface area contributed by atoms with Gasteiger partial charge in [-0.25, -0.2) is 8.78 Å². The highest BCUT2D eigenvalue weighted by Gasteiger charge is 2.18. The largest absolute Gasteiger partial charge is 0.298 e. The number of alkyl halides is 3. The van der Waals surface area contributed by atoms with Crippen molar-refractivity contribution in [3.05, 3.63) is 26.6 Å². The van der Waals surface area contributed by atoms with Crippen LogP contribution in [-0.4, -0.2) is 11.3 Å². The Balaban J connectivity index is 3.35. The summed E-state index contributed by atoms with van der Waals surface area (Å²) in [6.45, 7) is 0. The van der Waals surface area contributed by atoms with Gasteiger partial charge in [0, 0.05) is 15.6 Å². The standard InChI is InChI=1S/C8H5ClF2INO/c9-1-4-2-13-7(8(10)11)5(3-14)6(4)12/h2-3,8H,1H2. The lowest BCUT2D eigenvalue weighted by Crippen LogP contribution is -2.03. The van der Waals surface area contributed by atoms with E-state index in [4.69, 9.17) is 11.6 Å². The van der Waals surface area contributed by atoms with Gasteiger partial charge in [0.25, 0.3) is 6.43 Å². The second kappa shape index (κ2) is 4.97. The first kappa shape index (κ1) is 11.8. The zero-order valence-electron chi connectivity index (χ0n) is 6.81. The predicted octanol–water partition coefficient (Wildman–Crippen LogP) is 3.18. The molecule has 1 aromatic rings. The molecular weight excluding hydrogens is 326 g/mol. The van der Waals surface area contributed by atoms with Gasteiger partial charge in [0.05, 0.1) is 5.56 Å². The van der Waals surface area contributed by atoms with Crippen LogP contribution in [0.25, 0.3) is 0 Å². The van der Waals surface area contributed by atoms with E-state index in [2.05, 4.69) is 4.98 Å². The second-order valence-corrected chi connectivity index (χ2v) is 3.79. The zero-order chi connectivity index (χ0) is 10.7. The van der Waals surface area contributed by atoms with Crippen LogP contribution in [0.2, 0.25) is 0 Å². The molecule has 0 saturated heterocycles. The van der Waals surface area contributed by atoms with Crippen molar-refractivity contribution in [2.24, 2.45) is 0 Å². The number of nitrogens with zero attached hydrogens (tertiary/aromatic N) is 1. The summed E-state index contributed by atoms with van der Waals surface area (Å²) in [7, 11) is 0. The Bertz CT molecular complexity index is 359.